The van der Waals surface area contributed by atoms with Gasteiger partial charge in [-0.25, -0.2) is 18.0 Å². The van der Waals surface area contributed by atoms with Crippen LogP contribution in [-0.4, -0.2) is 31.8 Å². The number of rotatable bonds is 4. The fraction of sp³-hybridized carbons (Fsp3) is 0.200. The molecule has 2 aromatic carbocycles. The number of ether oxygens (including phenoxy) is 1. The molecule has 2 heterocycles. The average Bonchev–Trinajstić information content (AvgIpc) is 3.23. The molecular formula is C20H17NO6S. The van der Waals surface area contributed by atoms with E-state index in [1.54, 1.807) is 18.2 Å². The van der Waals surface area contributed by atoms with Crippen LogP contribution in [-0.2, 0) is 10.0 Å². The second-order valence-electron chi connectivity index (χ2n) is 6.48. The van der Waals surface area contributed by atoms with Gasteiger partial charge in [0.15, 0.2) is 0 Å². The number of benzene rings is 2. The van der Waals surface area contributed by atoms with Gasteiger partial charge in [0.05, 0.1) is 10.5 Å². The van der Waals surface area contributed by atoms with Crippen LogP contribution in [0.15, 0.2) is 68.7 Å². The van der Waals surface area contributed by atoms with Gasteiger partial charge in [0.1, 0.15) is 11.3 Å². The van der Waals surface area contributed by atoms with Crippen molar-refractivity contribution in [1.82, 2.24) is 4.31 Å². The third-order valence-corrected chi connectivity index (χ3v) is 6.47. The maximum Gasteiger partial charge on any atom is 0.343 e. The number of esters is 1. The molecule has 1 aromatic heterocycles. The molecule has 1 saturated heterocycles. The molecular weight excluding hydrogens is 382 g/mol. The first kappa shape index (κ1) is 18.4. The predicted molar refractivity (Wildman–Crippen MR) is 102 cm³/mol. The van der Waals surface area contributed by atoms with E-state index in [4.69, 9.17) is 9.15 Å². The molecule has 4 rings (SSSR count). The van der Waals surface area contributed by atoms with Crippen LogP contribution >= 0.6 is 0 Å². The standard InChI is InChI=1S/C20H17NO6S/c22-19-9-7-14-6-8-16(13-18(14)27-19)26-20(23)15-4-3-5-17(12-15)28(24,25)21-10-1-2-11-21/h3-9,12-13H,1-2,10-11H2. The van der Waals surface area contributed by atoms with Crippen LogP contribution in [0.1, 0.15) is 23.2 Å². The molecule has 0 N–H and O–H groups in total. The van der Waals surface area contributed by atoms with E-state index in [0.717, 1.165) is 12.8 Å². The molecule has 0 bridgehead atoms. The van der Waals surface area contributed by atoms with Gasteiger partial charge in [-0.2, -0.15) is 4.31 Å². The summed E-state index contributed by atoms with van der Waals surface area (Å²) in [5.41, 5.74) is -0.0890. The van der Waals surface area contributed by atoms with Crippen molar-refractivity contribution >= 4 is 27.0 Å². The molecule has 1 aliphatic heterocycles. The zero-order valence-electron chi connectivity index (χ0n) is 14.8. The highest BCUT2D eigenvalue weighted by Gasteiger charge is 2.27. The van der Waals surface area contributed by atoms with Crippen LogP contribution in [0.3, 0.4) is 0 Å². The summed E-state index contributed by atoms with van der Waals surface area (Å²) in [5, 5.41) is 0.693. The van der Waals surface area contributed by atoms with E-state index >= 15 is 0 Å². The topological polar surface area (TPSA) is 93.9 Å². The van der Waals surface area contributed by atoms with Gasteiger partial charge in [-0.1, -0.05) is 6.07 Å². The zero-order chi connectivity index (χ0) is 19.7. The molecule has 28 heavy (non-hydrogen) atoms. The Labute approximate surface area is 161 Å². The molecule has 1 aliphatic rings. The number of nitrogens with zero attached hydrogens (tertiary/aromatic N) is 1. The maximum absolute atomic E-state index is 12.7. The summed E-state index contributed by atoms with van der Waals surface area (Å²) in [6.45, 7) is 0.971. The van der Waals surface area contributed by atoms with Gasteiger partial charge < -0.3 is 9.15 Å². The van der Waals surface area contributed by atoms with E-state index in [1.807, 2.05) is 0 Å². The molecule has 7 nitrogen and oxygen atoms in total. The molecule has 8 heteroatoms. The number of sulfonamides is 1. The van der Waals surface area contributed by atoms with Gasteiger partial charge in [0, 0.05) is 30.6 Å². The van der Waals surface area contributed by atoms with Crippen molar-refractivity contribution in [2.24, 2.45) is 0 Å². The fourth-order valence-electron chi connectivity index (χ4n) is 3.13. The Morgan fingerprint density at radius 3 is 2.54 bits per heavy atom. The van der Waals surface area contributed by atoms with Crippen LogP contribution < -0.4 is 10.4 Å². The normalized spacial score (nSPS) is 15.0. The summed E-state index contributed by atoms with van der Waals surface area (Å²) >= 11 is 0. The van der Waals surface area contributed by atoms with Crippen LogP contribution in [0.25, 0.3) is 11.0 Å². The van der Waals surface area contributed by atoms with Crippen LogP contribution in [0.4, 0.5) is 0 Å². The second-order valence-corrected chi connectivity index (χ2v) is 8.42. The second kappa shape index (κ2) is 7.21. The Bertz CT molecular complexity index is 1210. The Balaban J connectivity index is 1.59. The molecule has 0 spiro atoms. The molecule has 0 radical (unpaired) electrons. The van der Waals surface area contributed by atoms with Crippen molar-refractivity contribution < 1.29 is 22.4 Å². The summed E-state index contributed by atoms with van der Waals surface area (Å²) in [6.07, 6.45) is 1.66. The average molecular weight is 399 g/mol. The SMILES string of the molecule is O=C(Oc1ccc2ccc(=O)oc2c1)c1cccc(S(=O)(=O)N2CCCC2)c1. The highest BCUT2D eigenvalue weighted by Crippen LogP contribution is 2.23. The Morgan fingerprint density at radius 1 is 1.00 bits per heavy atom. The number of hydrogen-bond donors (Lipinski definition) is 0. The minimum Gasteiger partial charge on any atom is -0.423 e. The van der Waals surface area contributed by atoms with E-state index in [1.165, 1.54) is 40.7 Å². The van der Waals surface area contributed by atoms with E-state index < -0.39 is 21.6 Å². The van der Waals surface area contributed by atoms with E-state index in [-0.39, 0.29) is 16.2 Å². The minimum atomic E-state index is -3.63. The molecule has 144 valence electrons. The monoisotopic (exact) mass is 399 g/mol. The van der Waals surface area contributed by atoms with Crippen molar-refractivity contribution in [1.29, 1.82) is 0 Å². The number of hydrogen-bond acceptors (Lipinski definition) is 6. The van der Waals surface area contributed by atoms with E-state index in [0.29, 0.717) is 24.1 Å². The lowest BCUT2D eigenvalue weighted by atomic mass is 10.2. The highest BCUT2D eigenvalue weighted by molar-refractivity contribution is 7.89. The lowest BCUT2D eigenvalue weighted by molar-refractivity contribution is 0.0734. The first-order valence-corrected chi connectivity index (χ1v) is 10.2. The largest absolute Gasteiger partial charge is 0.423 e. The number of carbonyl (C=O) groups is 1. The minimum absolute atomic E-state index is 0.0633. The summed E-state index contributed by atoms with van der Waals surface area (Å²) in [7, 11) is -3.63. The van der Waals surface area contributed by atoms with Crippen molar-refractivity contribution in [2.45, 2.75) is 17.7 Å². The predicted octanol–water partition coefficient (Wildman–Crippen LogP) is 2.80. The Hall–Kier alpha value is -2.97. The molecule has 0 atom stereocenters. The lowest BCUT2D eigenvalue weighted by Crippen LogP contribution is -2.28. The van der Waals surface area contributed by atoms with Crippen LogP contribution in [0.5, 0.6) is 5.75 Å². The van der Waals surface area contributed by atoms with Gasteiger partial charge in [-0.15, -0.1) is 0 Å². The van der Waals surface area contributed by atoms with Gasteiger partial charge in [-0.05, 0) is 49.2 Å². The number of fused-ring (bicyclic) bond motifs is 1. The van der Waals surface area contributed by atoms with Gasteiger partial charge >= 0.3 is 11.6 Å². The van der Waals surface area contributed by atoms with E-state index in [2.05, 4.69) is 0 Å². The summed E-state index contributed by atoms with van der Waals surface area (Å²) in [6, 6.07) is 13.4. The van der Waals surface area contributed by atoms with Crippen LogP contribution in [0, 0.1) is 0 Å². The Kier molecular flexibility index (Phi) is 4.74. The summed E-state index contributed by atoms with van der Waals surface area (Å²) in [5.74, 6) is -0.504. The molecule has 1 fully saturated rings. The molecule has 3 aromatic rings. The van der Waals surface area contributed by atoms with Gasteiger partial charge in [0.25, 0.3) is 0 Å². The fourth-order valence-corrected chi connectivity index (χ4v) is 4.69. The lowest BCUT2D eigenvalue weighted by Gasteiger charge is -2.15. The van der Waals surface area contributed by atoms with Crippen molar-refractivity contribution in [3.8, 4) is 5.75 Å². The quantitative estimate of drug-likeness (QED) is 0.380. The first-order chi connectivity index (χ1) is 13.4. The summed E-state index contributed by atoms with van der Waals surface area (Å²) in [4.78, 5) is 23.9. The number of carbonyl (C=O) groups excluding carboxylic acids is 1. The smallest absolute Gasteiger partial charge is 0.343 e. The first-order valence-electron chi connectivity index (χ1n) is 8.80. The molecule has 0 aliphatic carbocycles. The van der Waals surface area contributed by atoms with Crippen molar-refractivity contribution in [3.05, 3.63) is 70.6 Å². The maximum atomic E-state index is 12.7. The van der Waals surface area contributed by atoms with Crippen LogP contribution in [0.2, 0.25) is 0 Å². The highest BCUT2D eigenvalue weighted by atomic mass is 32.2. The molecule has 0 unspecified atom stereocenters. The van der Waals surface area contributed by atoms with Crippen molar-refractivity contribution in [3.63, 3.8) is 0 Å². The molecule has 0 amide bonds. The molecule has 0 saturated carbocycles. The Morgan fingerprint density at radius 2 is 1.75 bits per heavy atom. The third-order valence-electron chi connectivity index (χ3n) is 4.58. The van der Waals surface area contributed by atoms with Gasteiger partial charge in [0.2, 0.25) is 10.0 Å². The van der Waals surface area contributed by atoms with E-state index in [9.17, 15) is 18.0 Å². The van der Waals surface area contributed by atoms with Gasteiger partial charge in [-0.3, -0.25) is 0 Å². The summed E-state index contributed by atoms with van der Waals surface area (Å²) < 4.78 is 37.2. The van der Waals surface area contributed by atoms with Crippen molar-refractivity contribution in [2.75, 3.05) is 13.1 Å². The third kappa shape index (κ3) is 3.56. The zero-order valence-corrected chi connectivity index (χ0v) is 15.6.